The summed E-state index contributed by atoms with van der Waals surface area (Å²) in [5.74, 6) is 4.96. The van der Waals surface area contributed by atoms with Crippen LogP contribution in [0.1, 0.15) is 23.2 Å². The molecule has 0 saturated carbocycles. The number of nitro benzene ring substituents is 1. The SMILES string of the molecule is NNc1ccc([N+](=O)[O-])cc1C(=O)N1CCCC(O)C1. The lowest BCUT2D eigenvalue weighted by Gasteiger charge is -2.30. The topological polar surface area (TPSA) is 122 Å². The Morgan fingerprint density at radius 2 is 2.30 bits per heavy atom. The summed E-state index contributed by atoms with van der Waals surface area (Å²) in [5, 5.41) is 20.4. The van der Waals surface area contributed by atoms with Gasteiger partial charge in [0.05, 0.1) is 22.3 Å². The summed E-state index contributed by atoms with van der Waals surface area (Å²) in [7, 11) is 0. The molecule has 1 heterocycles. The van der Waals surface area contributed by atoms with Crippen molar-refractivity contribution in [2.75, 3.05) is 18.5 Å². The molecule has 20 heavy (non-hydrogen) atoms. The maximum absolute atomic E-state index is 12.4. The van der Waals surface area contributed by atoms with Crippen LogP contribution in [0.2, 0.25) is 0 Å². The van der Waals surface area contributed by atoms with Crippen molar-refractivity contribution < 1.29 is 14.8 Å². The second kappa shape index (κ2) is 5.85. The summed E-state index contributed by atoms with van der Waals surface area (Å²) in [6.45, 7) is 0.744. The lowest BCUT2D eigenvalue weighted by Crippen LogP contribution is -2.42. The minimum absolute atomic E-state index is 0.135. The van der Waals surface area contributed by atoms with E-state index in [1.54, 1.807) is 0 Å². The molecular formula is C12H16N4O4. The van der Waals surface area contributed by atoms with E-state index >= 15 is 0 Å². The smallest absolute Gasteiger partial charge is 0.270 e. The van der Waals surface area contributed by atoms with Crippen molar-refractivity contribution >= 4 is 17.3 Å². The molecule has 8 nitrogen and oxygen atoms in total. The molecule has 1 amide bonds. The van der Waals surface area contributed by atoms with Crippen LogP contribution in [0.4, 0.5) is 11.4 Å². The minimum atomic E-state index is -0.567. The van der Waals surface area contributed by atoms with E-state index in [-0.39, 0.29) is 23.7 Å². The van der Waals surface area contributed by atoms with E-state index < -0.39 is 11.0 Å². The number of nitrogens with zero attached hydrogens (tertiary/aromatic N) is 2. The number of benzene rings is 1. The van der Waals surface area contributed by atoms with Gasteiger partial charge in [-0.05, 0) is 18.9 Å². The number of amides is 1. The second-order valence-corrected chi connectivity index (χ2v) is 4.68. The number of likely N-dealkylation sites (tertiary alicyclic amines) is 1. The number of β-amino-alcohol motifs (C(OH)–C–C–N with tert-alkyl or cyclic N) is 1. The fourth-order valence-corrected chi connectivity index (χ4v) is 2.26. The molecule has 0 radical (unpaired) electrons. The van der Waals surface area contributed by atoms with Crippen LogP contribution in [0.25, 0.3) is 0 Å². The number of carbonyl (C=O) groups is 1. The van der Waals surface area contributed by atoms with Crippen molar-refractivity contribution in [3.8, 4) is 0 Å². The number of rotatable bonds is 3. The highest BCUT2D eigenvalue weighted by Crippen LogP contribution is 2.24. The van der Waals surface area contributed by atoms with Crippen molar-refractivity contribution in [1.29, 1.82) is 0 Å². The summed E-state index contributed by atoms with van der Waals surface area (Å²) in [4.78, 5) is 24.1. The van der Waals surface area contributed by atoms with Crippen LogP contribution in [-0.2, 0) is 0 Å². The van der Waals surface area contributed by atoms with Gasteiger partial charge in [0.2, 0.25) is 0 Å². The highest BCUT2D eigenvalue weighted by atomic mass is 16.6. The van der Waals surface area contributed by atoms with Crippen molar-refractivity contribution in [3.63, 3.8) is 0 Å². The van der Waals surface area contributed by atoms with Gasteiger partial charge in [0.1, 0.15) is 0 Å². The lowest BCUT2D eigenvalue weighted by atomic mass is 10.1. The van der Waals surface area contributed by atoms with Gasteiger partial charge in [0, 0.05) is 25.2 Å². The number of aliphatic hydroxyl groups excluding tert-OH is 1. The van der Waals surface area contributed by atoms with Gasteiger partial charge in [0.15, 0.2) is 0 Å². The largest absolute Gasteiger partial charge is 0.391 e. The maximum Gasteiger partial charge on any atom is 0.270 e. The first kappa shape index (κ1) is 14.2. The van der Waals surface area contributed by atoms with E-state index in [1.165, 1.54) is 23.1 Å². The summed E-state index contributed by atoms with van der Waals surface area (Å²) in [6.07, 6.45) is 0.800. The predicted molar refractivity (Wildman–Crippen MR) is 72.1 cm³/mol. The standard InChI is InChI=1S/C12H16N4O4/c13-14-11-4-3-8(16(19)20)6-10(11)12(18)15-5-1-2-9(17)7-15/h3-4,6,9,14,17H,1-2,5,7,13H2. The van der Waals surface area contributed by atoms with Crippen LogP contribution < -0.4 is 11.3 Å². The number of hydrogen-bond donors (Lipinski definition) is 3. The van der Waals surface area contributed by atoms with Gasteiger partial charge >= 0.3 is 0 Å². The van der Waals surface area contributed by atoms with Crippen LogP contribution in [-0.4, -0.2) is 40.0 Å². The molecule has 1 fully saturated rings. The van der Waals surface area contributed by atoms with Gasteiger partial charge in [0.25, 0.3) is 11.6 Å². The molecule has 0 spiro atoms. The first-order chi connectivity index (χ1) is 9.52. The molecule has 1 aliphatic rings. The number of non-ortho nitro benzene ring substituents is 1. The number of nitrogen functional groups attached to an aromatic ring is 1. The normalized spacial score (nSPS) is 18.7. The zero-order valence-corrected chi connectivity index (χ0v) is 10.8. The molecule has 1 atom stereocenters. The van der Waals surface area contributed by atoms with E-state index in [1.807, 2.05) is 0 Å². The molecule has 1 aromatic carbocycles. The monoisotopic (exact) mass is 280 g/mol. The molecule has 1 aromatic rings. The van der Waals surface area contributed by atoms with E-state index in [2.05, 4.69) is 5.43 Å². The Morgan fingerprint density at radius 3 is 2.90 bits per heavy atom. The van der Waals surface area contributed by atoms with Gasteiger partial charge in [-0.1, -0.05) is 0 Å². The maximum atomic E-state index is 12.4. The van der Waals surface area contributed by atoms with E-state index in [0.717, 1.165) is 0 Å². The Labute approximate surface area is 115 Å². The molecule has 8 heteroatoms. The number of piperidine rings is 1. The highest BCUT2D eigenvalue weighted by molar-refractivity contribution is 6.00. The Hall–Kier alpha value is -2.19. The second-order valence-electron chi connectivity index (χ2n) is 4.68. The number of nitrogens with two attached hydrogens (primary N) is 1. The zero-order valence-electron chi connectivity index (χ0n) is 10.8. The zero-order chi connectivity index (χ0) is 14.7. The number of nitrogens with one attached hydrogen (secondary N) is 1. The Morgan fingerprint density at radius 1 is 1.55 bits per heavy atom. The predicted octanol–water partition coefficient (Wildman–Crippen LogP) is 0.477. The summed E-state index contributed by atoms with van der Waals surface area (Å²) in [5.41, 5.74) is 2.64. The van der Waals surface area contributed by atoms with Crippen LogP contribution in [0.5, 0.6) is 0 Å². The summed E-state index contributed by atoms with van der Waals surface area (Å²) >= 11 is 0. The quantitative estimate of drug-likeness (QED) is 0.420. The molecule has 108 valence electrons. The minimum Gasteiger partial charge on any atom is -0.391 e. The van der Waals surface area contributed by atoms with Crippen molar-refractivity contribution in [2.24, 2.45) is 5.84 Å². The first-order valence-corrected chi connectivity index (χ1v) is 6.25. The number of hydrazine groups is 1. The van der Waals surface area contributed by atoms with E-state index in [9.17, 15) is 20.0 Å². The number of anilines is 1. The van der Waals surface area contributed by atoms with E-state index in [4.69, 9.17) is 5.84 Å². The van der Waals surface area contributed by atoms with Crippen molar-refractivity contribution in [2.45, 2.75) is 18.9 Å². The van der Waals surface area contributed by atoms with Gasteiger partial charge in [-0.3, -0.25) is 20.8 Å². The fraction of sp³-hybridized carbons (Fsp3) is 0.417. The third kappa shape index (κ3) is 2.86. The van der Waals surface area contributed by atoms with Gasteiger partial charge < -0.3 is 15.4 Å². The number of hydrogen-bond acceptors (Lipinski definition) is 6. The third-order valence-electron chi connectivity index (χ3n) is 3.28. The number of carbonyl (C=O) groups excluding carboxylic acids is 1. The Kier molecular flexibility index (Phi) is 4.16. The molecule has 1 aliphatic heterocycles. The number of nitro groups is 1. The summed E-state index contributed by atoms with van der Waals surface area (Å²) in [6, 6.07) is 3.86. The molecule has 4 N–H and O–H groups in total. The van der Waals surface area contributed by atoms with Gasteiger partial charge in [-0.2, -0.15) is 0 Å². The molecule has 0 aliphatic carbocycles. The van der Waals surface area contributed by atoms with Crippen LogP contribution in [0, 0.1) is 10.1 Å². The van der Waals surface area contributed by atoms with Crippen LogP contribution in [0.15, 0.2) is 18.2 Å². The van der Waals surface area contributed by atoms with Crippen LogP contribution >= 0.6 is 0 Å². The first-order valence-electron chi connectivity index (χ1n) is 6.25. The summed E-state index contributed by atoms with van der Waals surface area (Å²) < 4.78 is 0. The molecule has 1 saturated heterocycles. The third-order valence-corrected chi connectivity index (χ3v) is 3.28. The van der Waals surface area contributed by atoms with Crippen molar-refractivity contribution in [1.82, 2.24) is 4.90 Å². The molecule has 0 bridgehead atoms. The molecular weight excluding hydrogens is 264 g/mol. The molecule has 0 aromatic heterocycles. The Bertz CT molecular complexity index is 534. The molecule has 1 unspecified atom stereocenters. The van der Waals surface area contributed by atoms with Crippen molar-refractivity contribution in [3.05, 3.63) is 33.9 Å². The average Bonchev–Trinajstić information content (AvgIpc) is 2.45. The van der Waals surface area contributed by atoms with Crippen LogP contribution in [0.3, 0.4) is 0 Å². The van der Waals surface area contributed by atoms with Gasteiger partial charge in [-0.15, -0.1) is 0 Å². The fourth-order valence-electron chi connectivity index (χ4n) is 2.26. The van der Waals surface area contributed by atoms with E-state index in [0.29, 0.717) is 25.1 Å². The van der Waals surface area contributed by atoms with Gasteiger partial charge in [-0.25, -0.2) is 0 Å². The lowest BCUT2D eigenvalue weighted by molar-refractivity contribution is -0.384. The Balaban J connectivity index is 2.31. The molecule has 2 rings (SSSR count). The average molecular weight is 280 g/mol. The highest BCUT2D eigenvalue weighted by Gasteiger charge is 2.26. The number of aliphatic hydroxyl groups is 1.